The molecule has 1 fully saturated rings. The molecule has 0 unspecified atom stereocenters. The second-order valence-corrected chi connectivity index (χ2v) is 10.7. The normalized spacial score (nSPS) is 15.7. The number of esters is 1. The van der Waals surface area contributed by atoms with Crippen LogP contribution < -0.4 is 0 Å². The highest BCUT2D eigenvalue weighted by molar-refractivity contribution is 5.94. The molecule has 1 amide bonds. The van der Waals surface area contributed by atoms with Crippen molar-refractivity contribution in [2.45, 2.75) is 78.2 Å². The largest absolute Gasteiger partial charge is 0.461 e. The maximum atomic E-state index is 13.0. The predicted molar refractivity (Wildman–Crippen MR) is 126 cm³/mol. The fraction of sp³-hybridized carbons (Fsp3) is 0.577. The van der Waals surface area contributed by atoms with E-state index < -0.39 is 0 Å². The molecule has 0 saturated carbocycles. The fourth-order valence-corrected chi connectivity index (χ4v) is 4.15. The van der Waals surface area contributed by atoms with Gasteiger partial charge >= 0.3 is 5.97 Å². The van der Waals surface area contributed by atoms with Gasteiger partial charge in [-0.2, -0.15) is 5.10 Å². The Labute approximate surface area is 191 Å². The van der Waals surface area contributed by atoms with Crippen LogP contribution in [0.25, 0.3) is 0 Å². The van der Waals surface area contributed by atoms with Crippen molar-refractivity contribution in [3.05, 3.63) is 52.8 Å². The number of aromatic nitrogens is 2. The number of nitrogens with zero attached hydrogens (tertiary/aromatic N) is 3. The molecular formula is C26H37N3O3. The summed E-state index contributed by atoms with van der Waals surface area (Å²) in [5.74, 6) is -0.310. The number of rotatable bonds is 4. The molecule has 2 heterocycles. The van der Waals surface area contributed by atoms with Crippen LogP contribution >= 0.6 is 0 Å². The van der Waals surface area contributed by atoms with Crippen LogP contribution in [0.2, 0.25) is 0 Å². The van der Waals surface area contributed by atoms with Gasteiger partial charge in [-0.25, -0.2) is 4.79 Å². The number of ether oxygens (including phenoxy) is 1. The van der Waals surface area contributed by atoms with Crippen molar-refractivity contribution in [2.75, 3.05) is 19.7 Å². The first kappa shape index (κ1) is 24.0. The second kappa shape index (κ2) is 9.08. The summed E-state index contributed by atoms with van der Waals surface area (Å²) in [4.78, 5) is 27.2. The minimum Gasteiger partial charge on any atom is -0.461 e. The van der Waals surface area contributed by atoms with Crippen molar-refractivity contribution in [1.29, 1.82) is 0 Å². The number of piperidine rings is 1. The molecule has 0 aliphatic carbocycles. The summed E-state index contributed by atoms with van der Waals surface area (Å²) < 4.78 is 7.15. The highest BCUT2D eigenvalue weighted by Gasteiger charge is 2.31. The topological polar surface area (TPSA) is 64.4 Å². The van der Waals surface area contributed by atoms with Gasteiger partial charge in [0.15, 0.2) is 5.69 Å². The standard InChI is InChI=1S/C26H37N3O3/c1-8-32-24(31)21-17-22(26(5,6)7)29(27-21)20-13-15-28(16-14-20)23(30)18-9-11-19(12-10-18)25(2,3)4/h9-12,17,20H,8,13-16H2,1-7H3. The van der Waals surface area contributed by atoms with Gasteiger partial charge in [-0.15, -0.1) is 0 Å². The second-order valence-electron chi connectivity index (χ2n) is 10.7. The van der Waals surface area contributed by atoms with Crippen LogP contribution in [0.1, 0.15) is 99.5 Å². The zero-order valence-corrected chi connectivity index (χ0v) is 20.6. The van der Waals surface area contributed by atoms with E-state index in [0.717, 1.165) is 24.1 Å². The van der Waals surface area contributed by atoms with E-state index in [9.17, 15) is 9.59 Å². The maximum Gasteiger partial charge on any atom is 0.358 e. The number of benzene rings is 1. The third kappa shape index (κ3) is 5.22. The molecule has 1 aromatic carbocycles. The Morgan fingerprint density at radius 2 is 1.59 bits per heavy atom. The van der Waals surface area contributed by atoms with E-state index in [1.54, 1.807) is 6.92 Å². The molecule has 0 N–H and O–H groups in total. The molecule has 1 aliphatic heterocycles. The van der Waals surface area contributed by atoms with E-state index in [2.05, 4.69) is 58.8 Å². The average Bonchev–Trinajstić information content (AvgIpc) is 3.19. The molecule has 174 valence electrons. The lowest BCUT2D eigenvalue weighted by molar-refractivity contribution is 0.0517. The lowest BCUT2D eigenvalue weighted by Gasteiger charge is -2.34. The van der Waals surface area contributed by atoms with Crippen molar-refractivity contribution >= 4 is 11.9 Å². The zero-order valence-electron chi connectivity index (χ0n) is 20.6. The fourth-order valence-electron chi connectivity index (χ4n) is 4.15. The first-order valence-corrected chi connectivity index (χ1v) is 11.6. The Hall–Kier alpha value is -2.63. The number of carbonyl (C=O) groups is 2. The molecule has 1 aliphatic rings. The molecule has 0 atom stereocenters. The average molecular weight is 440 g/mol. The third-order valence-corrected chi connectivity index (χ3v) is 6.08. The van der Waals surface area contributed by atoms with Gasteiger partial charge in [-0.05, 0) is 48.9 Å². The van der Waals surface area contributed by atoms with E-state index in [1.807, 2.05) is 27.8 Å². The van der Waals surface area contributed by atoms with Gasteiger partial charge in [0.1, 0.15) is 0 Å². The molecule has 6 heteroatoms. The minimum absolute atomic E-state index is 0.0663. The van der Waals surface area contributed by atoms with Crippen LogP contribution in [-0.2, 0) is 15.6 Å². The first-order valence-electron chi connectivity index (χ1n) is 11.6. The number of likely N-dealkylation sites (tertiary alicyclic amines) is 1. The van der Waals surface area contributed by atoms with Gasteiger partial charge in [0, 0.05) is 29.8 Å². The summed E-state index contributed by atoms with van der Waals surface area (Å²) in [6.07, 6.45) is 1.61. The Morgan fingerprint density at radius 1 is 1.00 bits per heavy atom. The number of amides is 1. The SMILES string of the molecule is CCOC(=O)c1cc(C(C)(C)C)n(C2CCN(C(=O)c3ccc(C(C)(C)C)cc3)CC2)n1. The summed E-state index contributed by atoms with van der Waals surface area (Å²) in [6.45, 7) is 16.3. The smallest absolute Gasteiger partial charge is 0.358 e. The minimum atomic E-state index is -0.386. The van der Waals surface area contributed by atoms with Crippen LogP contribution in [0, 0.1) is 0 Å². The molecular weight excluding hydrogens is 402 g/mol. The number of hydrogen-bond donors (Lipinski definition) is 0. The van der Waals surface area contributed by atoms with E-state index in [1.165, 1.54) is 5.56 Å². The maximum absolute atomic E-state index is 13.0. The van der Waals surface area contributed by atoms with Crippen molar-refractivity contribution in [3.63, 3.8) is 0 Å². The van der Waals surface area contributed by atoms with E-state index in [4.69, 9.17) is 4.74 Å². The van der Waals surface area contributed by atoms with Gasteiger partial charge < -0.3 is 9.64 Å². The monoisotopic (exact) mass is 439 g/mol. The summed E-state index contributed by atoms with van der Waals surface area (Å²) in [6, 6.07) is 9.98. The van der Waals surface area contributed by atoms with Crippen molar-refractivity contribution in [3.8, 4) is 0 Å². The van der Waals surface area contributed by atoms with Crippen LogP contribution in [0.5, 0.6) is 0 Å². The van der Waals surface area contributed by atoms with E-state index in [0.29, 0.717) is 25.4 Å². The van der Waals surface area contributed by atoms with Crippen molar-refractivity contribution in [1.82, 2.24) is 14.7 Å². The van der Waals surface area contributed by atoms with Gasteiger partial charge in [0.05, 0.1) is 12.6 Å². The number of carbonyl (C=O) groups excluding carboxylic acids is 2. The van der Waals surface area contributed by atoms with E-state index in [-0.39, 0.29) is 28.7 Å². The predicted octanol–water partition coefficient (Wildman–Crippen LogP) is 5.13. The van der Waals surface area contributed by atoms with Crippen molar-refractivity contribution in [2.24, 2.45) is 0 Å². The van der Waals surface area contributed by atoms with E-state index >= 15 is 0 Å². The Kier molecular flexibility index (Phi) is 6.82. The quantitative estimate of drug-likeness (QED) is 0.620. The van der Waals surface area contributed by atoms with Gasteiger partial charge in [-0.1, -0.05) is 53.7 Å². The van der Waals surface area contributed by atoms with Crippen LogP contribution in [-0.4, -0.2) is 46.3 Å². The first-order chi connectivity index (χ1) is 14.9. The van der Waals surface area contributed by atoms with Crippen LogP contribution in [0.3, 0.4) is 0 Å². The molecule has 0 spiro atoms. The van der Waals surface area contributed by atoms with Gasteiger partial charge in [0.2, 0.25) is 0 Å². The Bertz CT molecular complexity index is 954. The third-order valence-electron chi connectivity index (χ3n) is 6.08. The van der Waals surface area contributed by atoms with Gasteiger partial charge in [0.25, 0.3) is 5.91 Å². The highest BCUT2D eigenvalue weighted by atomic mass is 16.5. The van der Waals surface area contributed by atoms with Crippen LogP contribution in [0.4, 0.5) is 0 Å². The van der Waals surface area contributed by atoms with Crippen molar-refractivity contribution < 1.29 is 14.3 Å². The molecule has 1 aromatic heterocycles. The Morgan fingerprint density at radius 3 is 2.09 bits per heavy atom. The number of hydrogen-bond acceptors (Lipinski definition) is 4. The molecule has 32 heavy (non-hydrogen) atoms. The Balaban J connectivity index is 1.72. The van der Waals surface area contributed by atoms with Gasteiger partial charge in [-0.3, -0.25) is 9.48 Å². The zero-order chi connectivity index (χ0) is 23.7. The summed E-state index contributed by atoms with van der Waals surface area (Å²) in [5, 5.41) is 4.62. The lowest BCUT2D eigenvalue weighted by Crippen LogP contribution is -2.40. The summed E-state index contributed by atoms with van der Waals surface area (Å²) in [5.41, 5.74) is 3.24. The highest BCUT2D eigenvalue weighted by Crippen LogP contribution is 2.31. The summed E-state index contributed by atoms with van der Waals surface area (Å²) >= 11 is 0. The molecule has 3 rings (SSSR count). The molecule has 0 radical (unpaired) electrons. The van der Waals surface area contributed by atoms with Crippen LogP contribution in [0.15, 0.2) is 30.3 Å². The summed E-state index contributed by atoms with van der Waals surface area (Å²) in [7, 11) is 0. The molecule has 1 saturated heterocycles. The molecule has 2 aromatic rings. The lowest BCUT2D eigenvalue weighted by atomic mass is 9.86. The molecule has 6 nitrogen and oxygen atoms in total. The molecule has 0 bridgehead atoms.